The summed E-state index contributed by atoms with van der Waals surface area (Å²) in [6.07, 6.45) is 0. The lowest BCUT2D eigenvalue weighted by molar-refractivity contribution is -0.118. The van der Waals surface area contributed by atoms with E-state index in [0.29, 0.717) is 33.6 Å². The van der Waals surface area contributed by atoms with Crippen molar-refractivity contribution in [3.8, 4) is 17.2 Å². The van der Waals surface area contributed by atoms with Gasteiger partial charge in [0.25, 0.3) is 5.91 Å². The molecule has 0 bridgehead atoms. The highest BCUT2D eigenvalue weighted by atomic mass is 79.9. The SMILES string of the molecule is Nc1cc2c(cc1Oc1cc(Br)ccc1Cl)NC(=O)CO2. The molecule has 0 saturated carbocycles. The molecular weight excluding hydrogens is 360 g/mol. The van der Waals surface area contributed by atoms with Crippen LogP contribution in [-0.4, -0.2) is 12.5 Å². The molecule has 1 amide bonds. The first-order valence-electron chi connectivity index (χ1n) is 6.02. The monoisotopic (exact) mass is 368 g/mol. The maximum atomic E-state index is 11.3. The highest BCUT2D eigenvalue weighted by Crippen LogP contribution is 2.40. The number of anilines is 2. The van der Waals surface area contributed by atoms with Gasteiger partial charge in [0.2, 0.25) is 0 Å². The number of amides is 1. The van der Waals surface area contributed by atoms with Gasteiger partial charge in [0.1, 0.15) is 11.5 Å². The summed E-state index contributed by atoms with van der Waals surface area (Å²) in [5, 5.41) is 3.15. The van der Waals surface area contributed by atoms with Crippen molar-refractivity contribution < 1.29 is 14.3 Å². The fourth-order valence-corrected chi connectivity index (χ4v) is 2.38. The first-order chi connectivity index (χ1) is 10.0. The molecule has 0 radical (unpaired) electrons. The molecule has 3 rings (SSSR count). The van der Waals surface area contributed by atoms with E-state index in [9.17, 15) is 4.79 Å². The Balaban J connectivity index is 1.97. The van der Waals surface area contributed by atoms with E-state index in [1.165, 1.54) is 0 Å². The Labute approximate surface area is 134 Å². The van der Waals surface area contributed by atoms with E-state index in [1.807, 2.05) is 0 Å². The third-order valence-corrected chi connectivity index (χ3v) is 3.66. The number of halogens is 2. The number of nitrogen functional groups attached to an aromatic ring is 1. The summed E-state index contributed by atoms with van der Waals surface area (Å²) in [6, 6.07) is 8.46. The lowest BCUT2D eigenvalue weighted by Gasteiger charge is -2.20. The fraction of sp³-hybridized carbons (Fsp3) is 0.0714. The maximum Gasteiger partial charge on any atom is 0.262 e. The van der Waals surface area contributed by atoms with Crippen LogP contribution in [0.15, 0.2) is 34.8 Å². The predicted molar refractivity (Wildman–Crippen MR) is 84.2 cm³/mol. The Morgan fingerprint density at radius 1 is 1.29 bits per heavy atom. The third-order valence-electron chi connectivity index (χ3n) is 2.86. The van der Waals surface area contributed by atoms with Gasteiger partial charge in [-0.2, -0.15) is 0 Å². The van der Waals surface area contributed by atoms with Gasteiger partial charge >= 0.3 is 0 Å². The second-order valence-corrected chi connectivity index (χ2v) is 5.72. The molecule has 0 aliphatic carbocycles. The minimum absolute atomic E-state index is 0.0237. The molecule has 1 heterocycles. The Morgan fingerprint density at radius 3 is 2.90 bits per heavy atom. The number of nitrogens with two attached hydrogens (primary N) is 1. The number of hydrogen-bond acceptors (Lipinski definition) is 4. The van der Waals surface area contributed by atoms with E-state index >= 15 is 0 Å². The normalized spacial score (nSPS) is 13.1. The van der Waals surface area contributed by atoms with Gasteiger partial charge in [-0.15, -0.1) is 0 Å². The van der Waals surface area contributed by atoms with Gasteiger partial charge in [-0.25, -0.2) is 0 Å². The zero-order valence-electron chi connectivity index (χ0n) is 10.7. The number of nitrogens with one attached hydrogen (secondary N) is 1. The van der Waals surface area contributed by atoms with E-state index < -0.39 is 0 Å². The molecule has 3 N–H and O–H groups in total. The van der Waals surface area contributed by atoms with Crippen LogP contribution in [0.1, 0.15) is 0 Å². The van der Waals surface area contributed by atoms with Gasteiger partial charge in [-0.1, -0.05) is 27.5 Å². The first-order valence-corrected chi connectivity index (χ1v) is 7.19. The summed E-state index contributed by atoms with van der Waals surface area (Å²) in [5.74, 6) is 1.14. The molecule has 0 atom stereocenters. The summed E-state index contributed by atoms with van der Waals surface area (Å²) in [7, 11) is 0. The standard InChI is InChI=1S/C14H10BrClN2O3/c15-7-1-2-8(16)11(3-7)21-12-5-10-13(4-9(12)17)20-6-14(19)18-10/h1-5H,6,17H2,(H,18,19). The highest BCUT2D eigenvalue weighted by molar-refractivity contribution is 9.10. The van der Waals surface area contributed by atoms with Crippen molar-refractivity contribution in [2.45, 2.75) is 0 Å². The number of ether oxygens (including phenoxy) is 2. The fourth-order valence-electron chi connectivity index (χ4n) is 1.88. The number of fused-ring (bicyclic) bond motifs is 1. The van der Waals surface area contributed by atoms with Crippen LogP contribution in [0, 0.1) is 0 Å². The molecule has 0 spiro atoms. The molecule has 2 aromatic rings. The van der Waals surface area contributed by atoms with Crippen LogP contribution in [0.25, 0.3) is 0 Å². The van der Waals surface area contributed by atoms with Gasteiger partial charge < -0.3 is 20.5 Å². The number of benzene rings is 2. The molecule has 5 nitrogen and oxygen atoms in total. The van der Waals surface area contributed by atoms with Crippen molar-refractivity contribution in [3.63, 3.8) is 0 Å². The zero-order chi connectivity index (χ0) is 15.0. The molecule has 2 aromatic carbocycles. The molecule has 0 unspecified atom stereocenters. The average Bonchev–Trinajstić information content (AvgIpc) is 2.44. The van der Waals surface area contributed by atoms with Crippen molar-refractivity contribution >= 4 is 44.8 Å². The Morgan fingerprint density at radius 2 is 2.10 bits per heavy atom. The summed E-state index contributed by atoms with van der Waals surface area (Å²) < 4.78 is 11.8. The highest BCUT2D eigenvalue weighted by Gasteiger charge is 2.19. The average molecular weight is 370 g/mol. The van der Waals surface area contributed by atoms with E-state index in [2.05, 4.69) is 21.2 Å². The Bertz CT molecular complexity index is 736. The topological polar surface area (TPSA) is 73.6 Å². The molecule has 1 aliphatic heterocycles. The van der Waals surface area contributed by atoms with Crippen LogP contribution in [-0.2, 0) is 4.79 Å². The molecule has 0 saturated heterocycles. The maximum absolute atomic E-state index is 11.3. The van der Waals surface area contributed by atoms with Gasteiger partial charge in [-0.3, -0.25) is 4.79 Å². The third kappa shape index (κ3) is 2.91. The van der Waals surface area contributed by atoms with Crippen molar-refractivity contribution in [1.29, 1.82) is 0 Å². The van der Waals surface area contributed by atoms with Gasteiger partial charge in [0.15, 0.2) is 12.4 Å². The smallest absolute Gasteiger partial charge is 0.262 e. The van der Waals surface area contributed by atoms with Crippen LogP contribution in [0.2, 0.25) is 5.02 Å². The molecule has 108 valence electrons. The molecule has 1 aliphatic rings. The number of carbonyl (C=O) groups is 1. The Hall–Kier alpha value is -1.92. The minimum atomic E-state index is -0.223. The molecule has 0 fully saturated rings. The van der Waals surface area contributed by atoms with Gasteiger partial charge in [-0.05, 0) is 18.2 Å². The lowest BCUT2D eigenvalue weighted by atomic mass is 10.2. The van der Waals surface area contributed by atoms with E-state index in [-0.39, 0.29) is 12.5 Å². The van der Waals surface area contributed by atoms with Crippen molar-refractivity contribution in [3.05, 3.63) is 39.8 Å². The van der Waals surface area contributed by atoms with Crippen LogP contribution in [0.3, 0.4) is 0 Å². The number of carbonyl (C=O) groups excluding carboxylic acids is 1. The summed E-state index contributed by atoms with van der Waals surface area (Å²) in [5.41, 5.74) is 6.85. The zero-order valence-corrected chi connectivity index (χ0v) is 13.0. The lowest BCUT2D eigenvalue weighted by Crippen LogP contribution is -2.25. The van der Waals surface area contributed by atoms with Crippen molar-refractivity contribution in [2.75, 3.05) is 17.7 Å². The number of hydrogen-bond donors (Lipinski definition) is 2. The summed E-state index contributed by atoms with van der Waals surface area (Å²) in [4.78, 5) is 11.3. The molecule has 7 heteroatoms. The van der Waals surface area contributed by atoms with Crippen LogP contribution in [0.4, 0.5) is 11.4 Å². The van der Waals surface area contributed by atoms with Crippen LogP contribution in [0.5, 0.6) is 17.2 Å². The van der Waals surface area contributed by atoms with Gasteiger partial charge in [0.05, 0.1) is 16.4 Å². The predicted octanol–water partition coefficient (Wildman–Crippen LogP) is 3.81. The van der Waals surface area contributed by atoms with Crippen molar-refractivity contribution in [2.24, 2.45) is 0 Å². The van der Waals surface area contributed by atoms with E-state index in [0.717, 1.165) is 4.47 Å². The van der Waals surface area contributed by atoms with Gasteiger partial charge in [0, 0.05) is 16.6 Å². The Kier molecular flexibility index (Phi) is 3.65. The second-order valence-electron chi connectivity index (χ2n) is 4.40. The first kappa shape index (κ1) is 14.0. The van der Waals surface area contributed by atoms with Crippen LogP contribution >= 0.6 is 27.5 Å². The summed E-state index contributed by atoms with van der Waals surface area (Å²) >= 11 is 9.43. The largest absolute Gasteiger partial charge is 0.481 e. The van der Waals surface area contributed by atoms with Crippen molar-refractivity contribution in [1.82, 2.24) is 0 Å². The van der Waals surface area contributed by atoms with E-state index in [1.54, 1.807) is 30.3 Å². The molecular formula is C14H10BrClN2O3. The molecule has 21 heavy (non-hydrogen) atoms. The second kappa shape index (κ2) is 5.46. The van der Waals surface area contributed by atoms with Crippen LogP contribution < -0.4 is 20.5 Å². The molecule has 0 aromatic heterocycles. The van der Waals surface area contributed by atoms with E-state index in [4.69, 9.17) is 26.8 Å². The summed E-state index contributed by atoms with van der Waals surface area (Å²) in [6.45, 7) is -0.0237. The minimum Gasteiger partial charge on any atom is -0.481 e. The number of rotatable bonds is 2. The quantitative estimate of drug-likeness (QED) is 0.790.